The third-order valence-corrected chi connectivity index (χ3v) is 7.11. The van der Waals surface area contributed by atoms with Crippen LogP contribution in [0.5, 0.6) is 5.75 Å². The number of ether oxygens (including phenoxy) is 2. The van der Waals surface area contributed by atoms with Gasteiger partial charge in [-0.25, -0.2) is 4.79 Å². The number of carbonyl (C=O) groups excluding carboxylic acids is 1. The summed E-state index contributed by atoms with van der Waals surface area (Å²) in [5.74, 6) is 3.60. The first-order valence-electron chi connectivity index (χ1n) is 11.7. The molecule has 0 radical (unpaired) electrons. The van der Waals surface area contributed by atoms with Gasteiger partial charge in [-0.2, -0.15) is 0 Å². The lowest BCUT2D eigenvalue weighted by atomic mass is 9.68. The van der Waals surface area contributed by atoms with Crippen LogP contribution in [-0.2, 0) is 16.1 Å². The van der Waals surface area contributed by atoms with E-state index in [2.05, 4.69) is 25.6 Å². The molecule has 0 amide bonds. The highest BCUT2D eigenvalue weighted by Gasteiger charge is 2.30. The van der Waals surface area contributed by atoms with E-state index in [9.17, 15) is 4.79 Å². The van der Waals surface area contributed by atoms with Gasteiger partial charge >= 0.3 is 5.97 Å². The SMILES string of the molecule is C=C(C)C(=O)OCc1cc(C2CCC(C3CCC(C)CC3)CC2)ccc1OCCO. The van der Waals surface area contributed by atoms with Gasteiger partial charge in [0.25, 0.3) is 0 Å². The second-order valence-corrected chi connectivity index (χ2v) is 9.43. The van der Waals surface area contributed by atoms with Gasteiger partial charge < -0.3 is 14.6 Å². The summed E-state index contributed by atoms with van der Waals surface area (Å²) in [4.78, 5) is 11.8. The van der Waals surface area contributed by atoms with E-state index >= 15 is 0 Å². The van der Waals surface area contributed by atoms with Crippen molar-refractivity contribution in [1.29, 1.82) is 0 Å². The number of hydrogen-bond donors (Lipinski definition) is 1. The first-order valence-corrected chi connectivity index (χ1v) is 11.7. The van der Waals surface area contributed by atoms with Gasteiger partial charge in [0.15, 0.2) is 0 Å². The topological polar surface area (TPSA) is 55.8 Å². The molecule has 0 spiro atoms. The largest absolute Gasteiger partial charge is 0.491 e. The maximum Gasteiger partial charge on any atom is 0.333 e. The predicted octanol–water partition coefficient (Wildman–Crippen LogP) is 5.78. The quantitative estimate of drug-likeness (QED) is 0.433. The molecule has 0 unspecified atom stereocenters. The van der Waals surface area contributed by atoms with Crippen molar-refractivity contribution in [3.63, 3.8) is 0 Å². The maximum absolute atomic E-state index is 11.8. The average Bonchev–Trinajstić information content (AvgIpc) is 2.77. The number of aliphatic hydroxyl groups is 1. The molecular formula is C26H38O4. The van der Waals surface area contributed by atoms with Crippen molar-refractivity contribution in [1.82, 2.24) is 0 Å². The number of esters is 1. The molecule has 1 aromatic carbocycles. The van der Waals surface area contributed by atoms with Crippen molar-refractivity contribution in [3.8, 4) is 5.75 Å². The Morgan fingerprint density at radius 3 is 2.30 bits per heavy atom. The highest BCUT2D eigenvalue weighted by Crippen LogP contribution is 2.44. The van der Waals surface area contributed by atoms with Crippen LogP contribution in [0.25, 0.3) is 0 Å². The normalized spacial score (nSPS) is 26.8. The molecular weight excluding hydrogens is 376 g/mol. The minimum atomic E-state index is -0.393. The Kier molecular flexibility index (Phi) is 8.38. The van der Waals surface area contributed by atoms with Gasteiger partial charge in [-0.1, -0.05) is 32.4 Å². The molecule has 0 aromatic heterocycles. The molecule has 3 rings (SSSR count). The Labute approximate surface area is 181 Å². The second-order valence-electron chi connectivity index (χ2n) is 9.43. The molecule has 0 heterocycles. The van der Waals surface area contributed by atoms with E-state index in [1.165, 1.54) is 56.9 Å². The fourth-order valence-corrected chi connectivity index (χ4v) is 5.21. The van der Waals surface area contributed by atoms with Crippen LogP contribution < -0.4 is 4.74 Å². The summed E-state index contributed by atoms with van der Waals surface area (Å²) in [6, 6.07) is 6.24. The van der Waals surface area contributed by atoms with E-state index in [0.717, 1.165) is 23.3 Å². The zero-order valence-electron chi connectivity index (χ0n) is 18.7. The van der Waals surface area contributed by atoms with E-state index in [0.29, 0.717) is 17.2 Å². The van der Waals surface area contributed by atoms with Crippen LogP contribution in [0, 0.1) is 17.8 Å². The van der Waals surface area contributed by atoms with Crippen molar-refractivity contribution in [2.24, 2.45) is 17.8 Å². The van der Waals surface area contributed by atoms with Crippen molar-refractivity contribution < 1.29 is 19.4 Å². The number of carbonyl (C=O) groups is 1. The molecule has 4 nitrogen and oxygen atoms in total. The molecule has 166 valence electrons. The lowest BCUT2D eigenvalue weighted by Gasteiger charge is -2.37. The average molecular weight is 415 g/mol. The van der Waals surface area contributed by atoms with Gasteiger partial charge in [0.05, 0.1) is 6.61 Å². The highest BCUT2D eigenvalue weighted by molar-refractivity contribution is 5.86. The lowest BCUT2D eigenvalue weighted by Crippen LogP contribution is -2.24. The smallest absolute Gasteiger partial charge is 0.333 e. The van der Waals surface area contributed by atoms with Gasteiger partial charge in [0, 0.05) is 11.1 Å². The van der Waals surface area contributed by atoms with Crippen LogP contribution >= 0.6 is 0 Å². The zero-order valence-corrected chi connectivity index (χ0v) is 18.7. The summed E-state index contributed by atoms with van der Waals surface area (Å²) in [5.41, 5.74) is 2.56. The summed E-state index contributed by atoms with van der Waals surface area (Å²) in [6.45, 7) is 8.03. The van der Waals surface area contributed by atoms with Gasteiger partial charge in [-0.3, -0.25) is 0 Å². The second kappa shape index (κ2) is 11.0. The Bertz CT molecular complexity index is 710. The summed E-state index contributed by atoms with van der Waals surface area (Å²) in [7, 11) is 0. The molecule has 4 heteroatoms. The molecule has 0 bridgehead atoms. The third kappa shape index (κ3) is 6.10. The molecule has 30 heavy (non-hydrogen) atoms. The van der Waals surface area contributed by atoms with Crippen LogP contribution in [0.1, 0.15) is 82.3 Å². The fourth-order valence-electron chi connectivity index (χ4n) is 5.21. The Hall–Kier alpha value is -1.81. The van der Waals surface area contributed by atoms with Crippen LogP contribution in [0.2, 0.25) is 0 Å². The van der Waals surface area contributed by atoms with Gasteiger partial charge in [-0.15, -0.1) is 0 Å². The van der Waals surface area contributed by atoms with Crippen LogP contribution in [-0.4, -0.2) is 24.3 Å². The Morgan fingerprint density at radius 2 is 1.70 bits per heavy atom. The number of aliphatic hydroxyl groups excluding tert-OH is 1. The van der Waals surface area contributed by atoms with E-state index in [4.69, 9.17) is 14.6 Å². The van der Waals surface area contributed by atoms with Crippen molar-refractivity contribution in [2.75, 3.05) is 13.2 Å². The molecule has 2 aliphatic rings. The summed E-state index contributed by atoms with van der Waals surface area (Å²) >= 11 is 0. The van der Waals surface area contributed by atoms with Crippen LogP contribution in [0.3, 0.4) is 0 Å². The van der Waals surface area contributed by atoms with Crippen LogP contribution in [0.4, 0.5) is 0 Å². The number of hydrogen-bond acceptors (Lipinski definition) is 4. The van der Waals surface area contributed by atoms with E-state index in [-0.39, 0.29) is 19.8 Å². The van der Waals surface area contributed by atoms with Crippen molar-refractivity contribution in [2.45, 2.75) is 77.7 Å². The standard InChI is InChI=1S/C26H38O4/c1-18(2)26(28)30-17-24-16-23(12-13-25(24)29-15-14-27)22-10-8-21(9-11-22)20-6-4-19(3)5-7-20/h12-13,16,19-22,27H,1,4-11,14-15,17H2,2-3H3. The number of benzene rings is 1. The molecule has 0 atom stereocenters. The number of rotatable bonds is 8. The van der Waals surface area contributed by atoms with Gasteiger partial charge in [0.1, 0.15) is 19.0 Å². The molecule has 0 saturated heterocycles. The Balaban J connectivity index is 1.63. The lowest BCUT2D eigenvalue weighted by molar-refractivity contribution is -0.140. The molecule has 0 aliphatic heterocycles. The summed E-state index contributed by atoms with van der Waals surface area (Å²) < 4.78 is 11.0. The van der Waals surface area contributed by atoms with Gasteiger partial charge in [0.2, 0.25) is 0 Å². The summed E-state index contributed by atoms with van der Waals surface area (Å²) in [5, 5.41) is 9.09. The highest BCUT2D eigenvalue weighted by atomic mass is 16.5. The van der Waals surface area contributed by atoms with E-state index in [1.54, 1.807) is 6.92 Å². The molecule has 2 aliphatic carbocycles. The van der Waals surface area contributed by atoms with Crippen molar-refractivity contribution in [3.05, 3.63) is 41.5 Å². The Morgan fingerprint density at radius 1 is 1.07 bits per heavy atom. The minimum Gasteiger partial charge on any atom is -0.491 e. The van der Waals surface area contributed by atoms with Crippen LogP contribution in [0.15, 0.2) is 30.4 Å². The maximum atomic E-state index is 11.8. The fraction of sp³-hybridized carbons (Fsp3) is 0.654. The first kappa shape index (κ1) is 22.9. The van der Waals surface area contributed by atoms with E-state index in [1.807, 2.05) is 6.07 Å². The summed E-state index contributed by atoms with van der Waals surface area (Å²) in [6.07, 6.45) is 10.8. The molecule has 2 saturated carbocycles. The van der Waals surface area contributed by atoms with Gasteiger partial charge in [-0.05, 0) is 86.8 Å². The monoisotopic (exact) mass is 414 g/mol. The molecule has 1 N–H and O–H groups in total. The van der Waals surface area contributed by atoms with E-state index < -0.39 is 5.97 Å². The third-order valence-electron chi connectivity index (χ3n) is 7.11. The molecule has 1 aromatic rings. The predicted molar refractivity (Wildman–Crippen MR) is 119 cm³/mol. The zero-order chi connectivity index (χ0) is 21.5. The first-order chi connectivity index (χ1) is 14.5. The molecule has 2 fully saturated rings. The van der Waals surface area contributed by atoms with Crippen molar-refractivity contribution >= 4 is 5.97 Å². The minimum absolute atomic E-state index is 0.0449.